The third-order valence-corrected chi connectivity index (χ3v) is 6.60. The summed E-state index contributed by atoms with van der Waals surface area (Å²) in [6.07, 6.45) is -7.54. The van der Waals surface area contributed by atoms with E-state index < -0.39 is 23.5 Å². The lowest BCUT2D eigenvalue weighted by Gasteiger charge is -2.36. The monoisotopic (exact) mass is 544 g/mol. The number of fused-ring (bicyclic) bond motifs is 1. The van der Waals surface area contributed by atoms with Gasteiger partial charge in [0.1, 0.15) is 0 Å². The van der Waals surface area contributed by atoms with Crippen molar-refractivity contribution in [3.05, 3.63) is 95.7 Å². The molecule has 1 saturated heterocycles. The molecule has 1 amide bonds. The molecule has 1 aliphatic heterocycles. The highest BCUT2D eigenvalue weighted by Gasteiger charge is 2.32. The first-order chi connectivity index (χ1) is 18.5. The first kappa shape index (κ1) is 26.3. The topological polar surface area (TPSA) is 48.5 Å². The van der Waals surface area contributed by atoms with Crippen LogP contribution in [0.1, 0.15) is 21.5 Å². The Morgan fingerprint density at radius 2 is 1.44 bits per heavy atom. The van der Waals surface area contributed by atoms with E-state index in [1.807, 2.05) is 4.90 Å². The van der Waals surface area contributed by atoms with Gasteiger partial charge in [-0.25, -0.2) is 0 Å². The smallest absolute Gasteiger partial charge is 0.368 e. The Kier molecular flexibility index (Phi) is 6.83. The van der Waals surface area contributed by atoms with Crippen molar-refractivity contribution >= 4 is 33.9 Å². The maximum absolute atomic E-state index is 13.4. The van der Waals surface area contributed by atoms with Crippen molar-refractivity contribution in [2.45, 2.75) is 12.4 Å². The van der Waals surface area contributed by atoms with Crippen LogP contribution in [0, 0.1) is 0 Å². The predicted octanol–water partition coefficient (Wildman–Crippen LogP) is 6.98. The first-order valence-electron chi connectivity index (χ1n) is 12.0. The fourth-order valence-electron chi connectivity index (χ4n) is 4.57. The Labute approximate surface area is 219 Å². The third kappa shape index (κ3) is 5.62. The molecular formula is C28H22F6N4O. The van der Waals surface area contributed by atoms with Gasteiger partial charge in [-0.15, -0.1) is 0 Å². The SMILES string of the molecule is O=C(c1ccccc1Nc1ccnc2cc(C(F)(F)F)ccc12)N1CCN(c2cccc(C(F)(F)F)c2)CC1. The van der Waals surface area contributed by atoms with Crippen molar-refractivity contribution in [2.24, 2.45) is 0 Å². The molecule has 39 heavy (non-hydrogen) atoms. The van der Waals surface area contributed by atoms with Crippen LogP contribution in [0.2, 0.25) is 0 Å². The normalized spacial score (nSPS) is 14.5. The lowest BCUT2D eigenvalue weighted by Crippen LogP contribution is -2.49. The van der Waals surface area contributed by atoms with Crippen molar-refractivity contribution < 1.29 is 31.1 Å². The highest BCUT2D eigenvalue weighted by atomic mass is 19.4. The second-order valence-electron chi connectivity index (χ2n) is 9.09. The minimum Gasteiger partial charge on any atom is -0.368 e. The van der Waals surface area contributed by atoms with Gasteiger partial charge in [-0.2, -0.15) is 26.3 Å². The second kappa shape index (κ2) is 10.1. The molecule has 2 heterocycles. The molecule has 1 fully saturated rings. The van der Waals surface area contributed by atoms with E-state index in [1.165, 1.54) is 18.3 Å². The number of hydrogen-bond acceptors (Lipinski definition) is 4. The van der Waals surface area contributed by atoms with Crippen molar-refractivity contribution in [1.82, 2.24) is 9.88 Å². The second-order valence-corrected chi connectivity index (χ2v) is 9.09. The summed E-state index contributed by atoms with van der Waals surface area (Å²) >= 11 is 0. The summed E-state index contributed by atoms with van der Waals surface area (Å²) in [5.74, 6) is -0.264. The molecule has 0 unspecified atom stereocenters. The lowest BCUT2D eigenvalue weighted by atomic mass is 10.1. The molecular weight excluding hydrogens is 522 g/mol. The Bertz CT molecular complexity index is 1510. The van der Waals surface area contributed by atoms with Gasteiger partial charge in [0.05, 0.1) is 27.9 Å². The summed E-state index contributed by atoms with van der Waals surface area (Å²) in [7, 11) is 0. The number of carbonyl (C=O) groups is 1. The number of benzene rings is 3. The van der Waals surface area contributed by atoms with E-state index in [1.54, 1.807) is 41.3 Å². The van der Waals surface area contributed by atoms with Crippen LogP contribution in [-0.2, 0) is 12.4 Å². The van der Waals surface area contributed by atoms with Gasteiger partial charge in [-0.3, -0.25) is 9.78 Å². The quantitative estimate of drug-likeness (QED) is 0.282. The van der Waals surface area contributed by atoms with Crippen molar-refractivity contribution in [1.29, 1.82) is 0 Å². The van der Waals surface area contributed by atoms with E-state index in [4.69, 9.17) is 0 Å². The predicted molar refractivity (Wildman–Crippen MR) is 136 cm³/mol. The summed E-state index contributed by atoms with van der Waals surface area (Å²) in [5.41, 5.74) is 0.387. The molecule has 0 radical (unpaired) electrons. The Morgan fingerprint density at radius 3 is 2.15 bits per heavy atom. The highest BCUT2D eigenvalue weighted by Crippen LogP contribution is 2.34. The molecule has 1 aliphatic rings. The molecule has 0 spiro atoms. The zero-order valence-electron chi connectivity index (χ0n) is 20.4. The molecule has 0 saturated carbocycles. The van der Waals surface area contributed by atoms with Gasteiger partial charge in [0.25, 0.3) is 5.91 Å². The fourth-order valence-corrected chi connectivity index (χ4v) is 4.57. The number of rotatable bonds is 4. The molecule has 0 aliphatic carbocycles. The van der Waals surface area contributed by atoms with Crippen LogP contribution in [-0.4, -0.2) is 42.0 Å². The van der Waals surface area contributed by atoms with E-state index >= 15 is 0 Å². The lowest BCUT2D eigenvalue weighted by molar-refractivity contribution is -0.138. The number of para-hydroxylation sites is 1. The van der Waals surface area contributed by atoms with Crippen LogP contribution >= 0.6 is 0 Å². The number of carbonyl (C=O) groups excluding carboxylic acids is 1. The van der Waals surface area contributed by atoms with Gasteiger partial charge >= 0.3 is 12.4 Å². The van der Waals surface area contributed by atoms with Crippen LogP contribution in [0.25, 0.3) is 10.9 Å². The van der Waals surface area contributed by atoms with E-state index in [0.717, 1.165) is 24.3 Å². The van der Waals surface area contributed by atoms with Gasteiger partial charge < -0.3 is 15.1 Å². The van der Waals surface area contributed by atoms with Crippen molar-refractivity contribution in [2.75, 3.05) is 36.4 Å². The highest BCUT2D eigenvalue weighted by molar-refractivity contribution is 6.02. The van der Waals surface area contributed by atoms with E-state index in [9.17, 15) is 31.1 Å². The first-order valence-corrected chi connectivity index (χ1v) is 12.0. The average Bonchev–Trinajstić information content (AvgIpc) is 2.92. The number of amides is 1. The maximum Gasteiger partial charge on any atom is 0.416 e. The van der Waals surface area contributed by atoms with Gasteiger partial charge in [-0.1, -0.05) is 24.3 Å². The molecule has 3 aromatic carbocycles. The summed E-state index contributed by atoms with van der Waals surface area (Å²) in [4.78, 5) is 20.9. The van der Waals surface area contributed by atoms with Crippen LogP contribution in [0.5, 0.6) is 0 Å². The molecule has 11 heteroatoms. The van der Waals surface area contributed by atoms with Crippen LogP contribution < -0.4 is 10.2 Å². The van der Waals surface area contributed by atoms with Crippen LogP contribution in [0.4, 0.5) is 43.4 Å². The number of piperazine rings is 1. The van der Waals surface area contributed by atoms with Gasteiger partial charge in [-0.05, 0) is 48.5 Å². The standard InChI is InChI=1S/C28H22F6N4O/c29-27(30,31)18-4-3-5-20(16-18)37-12-14-38(15-13-37)26(39)22-6-1-2-7-23(22)36-24-10-11-35-25-17-19(28(32,33)34)8-9-21(24)25/h1-11,16-17H,12-15H2,(H,35,36). The zero-order chi connectivity index (χ0) is 27.8. The van der Waals surface area contributed by atoms with Crippen molar-refractivity contribution in [3.63, 3.8) is 0 Å². The number of hydrogen-bond donors (Lipinski definition) is 1. The number of alkyl halides is 6. The summed E-state index contributed by atoms with van der Waals surface area (Å²) in [6, 6.07) is 16.8. The summed E-state index contributed by atoms with van der Waals surface area (Å²) in [5, 5.41) is 3.62. The number of anilines is 3. The fraction of sp³-hybridized carbons (Fsp3) is 0.214. The van der Waals surface area contributed by atoms with E-state index in [2.05, 4.69) is 10.3 Å². The zero-order valence-corrected chi connectivity index (χ0v) is 20.4. The van der Waals surface area contributed by atoms with Crippen LogP contribution in [0.15, 0.2) is 79.0 Å². The Hall–Kier alpha value is -4.28. The van der Waals surface area contributed by atoms with Gasteiger partial charge in [0.15, 0.2) is 0 Å². The molecule has 1 aromatic heterocycles. The van der Waals surface area contributed by atoms with Gasteiger partial charge in [0, 0.05) is 49.1 Å². The molecule has 1 N–H and O–H groups in total. The number of pyridine rings is 1. The maximum atomic E-state index is 13.4. The average molecular weight is 544 g/mol. The minimum absolute atomic E-state index is 0.157. The number of nitrogens with one attached hydrogen (secondary N) is 1. The van der Waals surface area contributed by atoms with Gasteiger partial charge in [0.2, 0.25) is 0 Å². The van der Waals surface area contributed by atoms with Crippen LogP contribution in [0.3, 0.4) is 0 Å². The third-order valence-electron chi connectivity index (χ3n) is 6.60. The molecule has 202 valence electrons. The Balaban J connectivity index is 1.33. The molecule has 0 bridgehead atoms. The summed E-state index contributed by atoms with van der Waals surface area (Å²) < 4.78 is 78.7. The molecule has 0 atom stereocenters. The summed E-state index contributed by atoms with van der Waals surface area (Å²) in [6.45, 7) is 1.34. The molecule has 4 aromatic rings. The molecule has 5 rings (SSSR count). The minimum atomic E-state index is -4.50. The number of aromatic nitrogens is 1. The van der Waals surface area contributed by atoms with E-state index in [0.29, 0.717) is 54.2 Å². The largest absolute Gasteiger partial charge is 0.416 e. The van der Waals surface area contributed by atoms with E-state index in [-0.39, 0.29) is 11.4 Å². The Morgan fingerprint density at radius 1 is 0.744 bits per heavy atom. The number of halogens is 6. The van der Waals surface area contributed by atoms with Crippen molar-refractivity contribution in [3.8, 4) is 0 Å². The number of nitrogens with zero attached hydrogens (tertiary/aromatic N) is 3. The molecule has 5 nitrogen and oxygen atoms in total.